The molecule has 0 fully saturated rings. The van der Waals surface area contributed by atoms with E-state index in [-0.39, 0.29) is 4.90 Å². The summed E-state index contributed by atoms with van der Waals surface area (Å²) in [4.78, 5) is 4.50. The second-order valence-corrected chi connectivity index (χ2v) is 7.75. The third kappa shape index (κ3) is 6.00. The number of rotatable bonds is 9. The van der Waals surface area contributed by atoms with Crippen LogP contribution in [0.25, 0.3) is 0 Å². The minimum Gasteiger partial charge on any atom is -0.368 e. The number of benzene rings is 2. The van der Waals surface area contributed by atoms with E-state index in [0.717, 1.165) is 12.0 Å². The zero-order valence-electron chi connectivity index (χ0n) is 15.2. The zero-order chi connectivity index (χ0) is 19.8. The largest absolute Gasteiger partial charge is 0.368 e. The first-order chi connectivity index (χ1) is 13.5. The van der Waals surface area contributed by atoms with E-state index in [1.165, 1.54) is 17.7 Å². The highest BCUT2D eigenvalue weighted by atomic mass is 32.2. The lowest BCUT2D eigenvalue weighted by Crippen LogP contribution is -2.13. The molecule has 2 aromatic carbocycles. The van der Waals surface area contributed by atoms with Gasteiger partial charge in [0.25, 0.3) is 0 Å². The monoisotopic (exact) mass is 398 g/mol. The zero-order valence-corrected chi connectivity index (χ0v) is 16.1. The molecule has 9 heteroatoms. The van der Waals surface area contributed by atoms with Gasteiger partial charge in [-0.25, -0.2) is 13.6 Å². The molecule has 0 unspecified atom stereocenters. The van der Waals surface area contributed by atoms with Crippen LogP contribution in [0.1, 0.15) is 11.1 Å². The molecular formula is C19H22N6O2S. The van der Waals surface area contributed by atoms with Gasteiger partial charge in [0.2, 0.25) is 16.0 Å². The Morgan fingerprint density at radius 2 is 1.50 bits per heavy atom. The minimum absolute atomic E-state index is 0.107. The molecular weight excluding hydrogens is 376 g/mol. The Morgan fingerprint density at radius 3 is 2.18 bits per heavy atom. The first-order valence-electron chi connectivity index (χ1n) is 8.84. The van der Waals surface area contributed by atoms with E-state index in [9.17, 15) is 8.42 Å². The molecule has 0 aliphatic carbocycles. The first-order valence-corrected chi connectivity index (χ1v) is 10.4. The average molecular weight is 398 g/mol. The molecule has 1 aromatic heterocycles. The third-order valence-electron chi connectivity index (χ3n) is 4.07. The maximum absolute atomic E-state index is 11.3. The molecule has 0 amide bonds. The molecule has 0 spiro atoms. The molecule has 146 valence electrons. The fraction of sp³-hybridized carbons (Fsp3) is 0.211. The van der Waals surface area contributed by atoms with Gasteiger partial charge in [-0.15, -0.1) is 5.10 Å². The van der Waals surface area contributed by atoms with Crippen molar-refractivity contribution in [2.45, 2.75) is 17.7 Å². The third-order valence-corrected chi connectivity index (χ3v) is 5.00. The van der Waals surface area contributed by atoms with Crippen LogP contribution in [0.5, 0.6) is 0 Å². The quantitative estimate of drug-likeness (QED) is 0.502. The maximum Gasteiger partial charge on any atom is 0.244 e. The van der Waals surface area contributed by atoms with Crippen molar-refractivity contribution in [2.24, 2.45) is 5.14 Å². The van der Waals surface area contributed by atoms with E-state index in [2.05, 4.69) is 37.9 Å². The lowest BCUT2D eigenvalue weighted by atomic mass is 10.1. The fourth-order valence-corrected chi connectivity index (χ4v) is 3.12. The summed E-state index contributed by atoms with van der Waals surface area (Å²) >= 11 is 0. The average Bonchev–Trinajstić information content (AvgIpc) is 2.69. The lowest BCUT2D eigenvalue weighted by Gasteiger charge is -2.08. The van der Waals surface area contributed by atoms with E-state index in [4.69, 9.17) is 5.14 Å². The molecule has 0 bridgehead atoms. The Bertz CT molecular complexity index is 994. The maximum atomic E-state index is 11.3. The molecule has 0 saturated heterocycles. The summed E-state index contributed by atoms with van der Waals surface area (Å²) in [6.45, 7) is 1.34. The number of hydrogen-bond acceptors (Lipinski definition) is 7. The van der Waals surface area contributed by atoms with Crippen LogP contribution >= 0.6 is 0 Å². The molecule has 0 radical (unpaired) electrons. The van der Waals surface area contributed by atoms with Gasteiger partial charge in [0.05, 0.1) is 11.1 Å². The molecule has 3 rings (SSSR count). The van der Waals surface area contributed by atoms with Gasteiger partial charge < -0.3 is 10.6 Å². The second kappa shape index (κ2) is 9.25. The van der Waals surface area contributed by atoms with Crippen LogP contribution in [0, 0.1) is 0 Å². The predicted molar refractivity (Wildman–Crippen MR) is 108 cm³/mol. The minimum atomic E-state index is -3.66. The number of aromatic nitrogens is 3. The van der Waals surface area contributed by atoms with E-state index >= 15 is 0 Å². The van der Waals surface area contributed by atoms with Gasteiger partial charge in [-0.1, -0.05) is 42.5 Å². The summed E-state index contributed by atoms with van der Waals surface area (Å²) in [5.74, 6) is 1.09. The van der Waals surface area contributed by atoms with Crippen LogP contribution in [0.3, 0.4) is 0 Å². The van der Waals surface area contributed by atoms with Crippen molar-refractivity contribution in [3.05, 3.63) is 71.9 Å². The molecule has 0 aliphatic rings. The molecule has 8 nitrogen and oxygen atoms in total. The van der Waals surface area contributed by atoms with Crippen LogP contribution in [-0.2, 0) is 22.9 Å². The molecule has 4 N–H and O–H groups in total. The number of nitrogens with one attached hydrogen (secondary N) is 2. The van der Waals surface area contributed by atoms with Crippen molar-refractivity contribution in [3.8, 4) is 0 Å². The highest BCUT2D eigenvalue weighted by Gasteiger charge is 2.06. The van der Waals surface area contributed by atoms with E-state index < -0.39 is 10.0 Å². The van der Waals surface area contributed by atoms with E-state index in [1.54, 1.807) is 18.3 Å². The number of hydrogen-bond donors (Lipinski definition) is 3. The van der Waals surface area contributed by atoms with Gasteiger partial charge in [-0.3, -0.25) is 0 Å². The van der Waals surface area contributed by atoms with Gasteiger partial charge in [-0.05, 0) is 36.1 Å². The highest BCUT2D eigenvalue weighted by molar-refractivity contribution is 7.89. The van der Waals surface area contributed by atoms with Crippen LogP contribution in [0.4, 0.5) is 11.8 Å². The van der Waals surface area contributed by atoms with Gasteiger partial charge in [0.1, 0.15) is 0 Å². The summed E-state index contributed by atoms with van der Waals surface area (Å²) in [7, 11) is -3.66. The second-order valence-electron chi connectivity index (χ2n) is 6.19. The van der Waals surface area contributed by atoms with Crippen molar-refractivity contribution in [3.63, 3.8) is 0 Å². The van der Waals surface area contributed by atoms with Gasteiger partial charge in [-0.2, -0.15) is 10.1 Å². The number of primary sulfonamides is 1. The first kappa shape index (κ1) is 19.7. The Labute approximate surface area is 164 Å². The van der Waals surface area contributed by atoms with E-state index in [0.29, 0.717) is 31.3 Å². The summed E-state index contributed by atoms with van der Waals surface area (Å²) < 4.78 is 22.5. The summed E-state index contributed by atoms with van der Waals surface area (Å²) in [6, 6.07) is 16.7. The Kier molecular flexibility index (Phi) is 6.51. The number of sulfonamides is 1. The Morgan fingerprint density at radius 1 is 0.857 bits per heavy atom. The van der Waals surface area contributed by atoms with Crippen LogP contribution in [-0.4, -0.2) is 36.7 Å². The number of anilines is 2. The van der Waals surface area contributed by atoms with Crippen LogP contribution < -0.4 is 15.8 Å². The van der Waals surface area contributed by atoms with Crippen molar-refractivity contribution >= 4 is 21.8 Å². The summed E-state index contributed by atoms with van der Waals surface area (Å²) in [5.41, 5.74) is 2.23. The van der Waals surface area contributed by atoms with Crippen molar-refractivity contribution < 1.29 is 8.42 Å². The summed E-state index contributed by atoms with van der Waals surface area (Å²) in [6.07, 6.45) is 3.13. The lowest BCUT2D eigenvalue weighted by molar-refractivity contribution is 0.598. The Hall–Kier alpha value is -3.04. The molecule has 0 aliphatic heterocycles. The van der Waals surface area contributed by atoms with Crippen molar-refractivity contribution in [2.75, 3.05) is 23.7 Å². The molecule has 1 heterocycles. The fourth-order valence-electron chi connectivity index (χ4n) is 2.61. The number of nitrogens with zero attached hydrogens (tertiary/aromatic N) is 3. The SMILES string of the molecule is NS(=O)(=O)c1ccc(CCNc2cnnc(NCCc3ccccc3)n2)cc1. The van der Waals surface area contributed by atoms with Crippen molar-refractivity contribution in [1.29, 1.82) is 0 Å². The standard InChI is InChI=1S/C19H22N6O2S/c20-28(26,27)17-8-6-16(7-9-17)10-12-21-18-14-23-25-19(24-18)22-13-11-15-4-2-1-3-5-15/h1-9,14H,10-13H2,(H2,20,26,27)(H2,21,22,24,25). The molecule has 28 heavy (non-hydrogen) atoms. The smallest absolute Gasteiger partial charge is 0.244 e. The molecule has 3 aromatic rings. The van der Waals surface area contributed by atoms with Gasteiger partial charge >= 0.3 is 0 Å². The topological polar surface area (TPSA) is 123 Å². The van der Waals surface area contributed by atoms with Gasteiger partial charge in [0.15, 0.2) is 5.82 Å². The Balaban J connectivity index is 1.46. The number of nitrogens with two attached hydrogens (primary N) is 1. The summed E-state index contributed by atoms with van der Waals surface area (Å²) in [5, 5.41) is 19.4. The van der Waals surface area contributed by atoms with Gasteiger partial charge in [0, 0.05) is 13.1 Å². The van der Waals surface area contributed by atoms with Crippen LogP contribution in [0.2, 0.25) is 0 Å². The molecule has 0 atom stereocenters. The van der Waals surface area contributed by atoms with Crippen LogP contribution in [0.15, 0.2) is 65.7 Å². The van der Waals surface area contributed by atoms with Crippen molar-refractivity contribution in [1.82, 2.24) is 15.2 Å². The molecule has 0 saturated carbocycles. The predicted octanol–water partition coefficient (Wildman–Crippen LogP) is 1.83. The highest BCUT2D eigenvalue weighted by Crippen LogP contribution is 2.10. The normalized spacial score (nSPS) is 11.2. The van der Waals surface area contributed by atoms with E-state index in [1.807, 2.05) is 18.2 Å².